The Kier molecular flexibility index (Phi) is 2.01. The number of amides is 1. The van der Waals surface area contributed by atoms with E-state index in [1.165, 1.54) is 0 Å². The highest BCUT2D eigenvalue weighted by Gasteiger charge is 2.21. The van der Waals surface area contributed by atoms with Crippen LogP contribution in [0.4, 0.5) is 0 Å². The van der Waals surface area contributed by atoms with Gasteiger partial charge in [-0.2, -0.15) is 0 Å². The molecule has 0 aromatic heterocycles. The van der Waals surface area contributed by atoms with Crippen molar-refractivity contribution in [2.24, 2.45) is 0 Å². The molecule has 3 heteroatoms. The molecule has 0 saturated carbocycles. The standard InChI is InChI=1S/C6H11NOS/c1-5-6(8)7(2)3-4-9-5/h5H,3-4H2,1-2H3. The second kappa shape index (κ2) is 2.60. The highest BCUT2D eigenvalue weighted by molar-refractivity contribution is 8.00. The third-order valence-corrected chi connectivity index (χ3v) is 2.64. The van der Waals surface area contributed by atoms with E-state index in [4.69, 9.17) is 0 Å². The van der Waals surface area contributed by atoms with Gasteiger partial charge >= 0.3 is 0 Å². The highest BCUT2D eigenvalue weighted by Crippen LogP contribution is 2.17. The van der Waals surface area contributed by atoms with E-state index >= 15 is 0 Å². The Morgan fingerprint density at radius 1 is 1.78 bits per heavy atom. The zero-order valence-corrected chi connectivity index (χ0v) is 6.57. The van der Waals surface area contributed by atoms with E-state index < -0.39 is 0 Å². The first-order valence-corrected chi connectivity index (χ1v) is 4.13. The number of rotatable bonds is 0. The van der Waals surface area contributed by atoms with Crippen LogP contribution in [-0.4, -0.2) is 35.4 Å². The molecule has 0 aliphatic carbocycles. The molecule has 0 aromatic carbocycles. The maximum absolute atomic E-state index is 11.0. The quantitative estimate of drug-likeness (QED) is 0.497. The Morgan fingerprint density at radius 2 is 2.44 bits per heavy atom. The van der Waals surface area contributed by atoms with Gasteiger partial charge in [0.15, 0.2) is 0 Å². The van der Waals surface area contributed by atoms with Gasteiger partial charge in [0.05, 0.1) is 5.25 Å². The fourth-order valence-corrected chi connectivity index (χ4v) is 1.91. The molecule has 52 valence electrons. The summed E-state index contributed by atoms with van der Waals surface area (Å²) in [5.74, 6) is 1.36. The number of carbonyl (C=O) groups is 1. The second-order valence-electron chi connectivity index (χ2n) is 2.27. The molecule has 1 rings (SSSR count). The van der Waals surface area contributed by atoms with E-state index in [1.807, 2.05) is 14.0 Å². The number of thioether (sulfide) groups is 1. The molecule has 1 amide bonds. The Bertz CT molecular complexity index is 114. The van der Waals surface area contributed by atoms with E-state index in [0.717, 1.165) is 12.3 Å². The highest BCUT2D eigenvalue weighted by atomic mass is 32.2. The van der Waals surface area contributed by atoms with Crippen LogP contribution in [0.5, 0.6) is 0 Å². The number of nitrogens with zero attached hydrogens (tertiary/aromatic N) is 1. The molecule has 1 heterocycles. The minimum absolute atomic E-state index is 0.184. The Morgan fingerprint density at radius 3 is 2.89 bits per heavy atom. The summed E-state index contributed by atoms with van der Waals surface area (Å²) in [7, 11) is 1.86. The van der Waals surface area contributed by atoms with Crippen LogP contribution in [0, 0.1) is 0 Å². The fourth-order valence-electron chi connectivity index (χ4n) is 0.858. The van der Waals surface area contributed by atoms with Gasteiger partial charge < -0.3 is 4.90 Å². The number of carbonyl (C=O) groups excluding carboxylic acids is 1. The molecule has 0 spiro atoms. The molecule has 1 unspecified atom stereocenters. The molecule has 1 aliphatic rings. The monoisotopic (exact) mass is 145 g/mol. The van der Waals surface area contributed by atoms with Gasteiger partial charge in [-0.3, -0.25) is 4.79 Å². The molecule has 1 fully saturated rings. The summed E-state index contributed by atoms with van der Waals surface area (Å²) in [4.78, 5) is 12.8. The molecule has 0 radical (unpaired) electrons. The fraction of sp³-hybridized carbons (Fsp3) is 0.833. The first kappa shape index (κ1) is 6.93. The van der Waals surface area contributed by atoms with Crippen LogP contribution in [0.15, 0.2) is 0 Å². The van der Waals surface area contributed by atoms with Crippen molar-refractivity contribution in [1.29, 1.82) is 0 Å². The molecule has 0 bridgehead atoms. The lowest BCUT2D eigenvalue weighted by atomic mass is 10.4. The maximum Gasteiger partial charge on any atom is 0.235 e. The van der Waals surface area contributed by atoms with Crippen molar-refractivity contribution in [3.05, 3.63) is 0 Å². The van der Waals surface area contributed by atoms with Crippen LogP contribution >= 0.6 is 11.8 Å². The van der Waals surface area contributed by atoms with Crippen molar-refractivity contribution in [3.63, 3.8) is 0 Å². The van der Waals surface area contributed by atoms with E-state index in [0.29, 0.717) is 0 Å². The van der Waals surface area contributed by atoms with Crippen LogP contribution in [0.1, 0.15) is 6.92 Å². The van der Waals surface area contributed by atoms with E-state index in [-0.39, 0.29) is 11.2 Å². The van der Waals surface area contributed by atoms with E-state index in [2.05, 4.69) is 0 Å². The van der Waals surface area contributed by atoms with Crippen LogP contribution < -0.4 is 0 Å². The summed E-state index contributed by atoms with van der Waals surface area (Å²) in [5.41, 5.74) is 0. The predicted molar refractivity (Wildman–Crippen MR) is 39.6 cm³/mol. The zero-order valence-electron chi connectivity index (χ0n) is 5.76. The van der Waals surface area contributed by atoms with Crippen molar-refractivity contribution in [3.8, 4) is 0 Å². The Hall–Kier alpha value is -0.180. The SMILES string of the molecule is CC1SCCN(C)C1=O. The summed E-state index contributed by atoms with van der Waals surface area (Å²) in [6, 6.07) is 0. The van der Waals surface area contributed by atoms with Crippen LogP contribution in [0.2, 0.25) is 0 Å². The zero-order chi connectivity index (χ0) is 6.85. The lowest BCUT2D eigenvalue weighted by Gasteiger charge is -2.26. The summed E-state index contributed by atoms with van der Waals surface area (Å²) < 4.78 is 0. The maximum atomic E-state index is 11.0. The topological polar surface area (TPSA) is 20.3 Å². The number of hydrogen-bond donors (Lipinski definition) is 0. The number of hydrogen-bond acceptors (Lipinski definition) is 2. The normalized spacial score (nSPS) is 28.9. The van der Waals surface area contributed by atoms with Crippen molar-refractivity contribution in [1.82, 2.24) is 4.90 Å². The van der Waals surface area contributed by atoms with Crippen molar-refractivity contribution in [2.45, 2.75) is 12.2 Å². The van der Waals surface area contributed by atoms with Crippen molar-refractivity contribution in [2.75, 3.05) is 19.3 Å². The first-order valence-electron chi connectivity index (χ1n) is 3.08. The minimum atomic E-state index is 0.184. The summed E-state index contributed by atoms with van der Waals surface area (Å²) in [5, 5.41) is 0.184. The molecule has 1 aliphatic heterocycles. The average molecular weight is 145 g/mol. The summed E-state index contributed by atoms with van der Waals surface area (Å²) in [6.45, 7) is 2.87. The van der Waals surface area contributed by atoms with Gasteiger partial charge in [-0.25, -0.2) is 0 Å². The largest absolute Gasteiger partial charge is 0.344 e. The predicted octanol–water partition coefficient (Wildman–Crippen LogP) is 0.580. The molecule has 1 saturated heterocycles. The Balaban J connectivity index is 2.52. The van der Waals surface area contributed by atoms with Crippen LogP contribution in [0.25, 0.3) is 0 Å². The van der Waals surface area contributed by atoms with Gasteiger partial charge in [0, 0.05) is 19.3 Å². The minimum Gasteiger partial charge on any atom is -0.344 e. The van der Waals surface area contributed by atoms with Gasteiger partial charge in [0.2, 0.25) is 5.91 Å². The van der Waals surface area contributed by atoms with Crippen LogP contribution in [0.3, 0.4) is 0 Å². The van der Waals surface area contributed by atoms with E-state index in [1.54, 1.807) is 16.7 Å². The Labute approximate surface area is 59.6 Å². The molecular weight excluding hydrogens is 134 g/mol. The van der Waals surface area contributed by atoms with Crippen molar-refractivity contribution >= 4 is 17.7 Å². The summed E-state index contributed by atoms with van der Waals surface area (Å²) in [6.07, 6.45) is 0. The molecule has 9 heavy (non-hydrogen) atoms. The van der Waals surface area contributed by atoms with Gasteiger partial charge in [0.25, 0.3) is 0 Å². The van der Waals surface area contributed by atoms with Gasteiger partial charge in [-0.15, -0.1) is 11.8 Å². The van der Waals surface area contributed by atoms with Gasteiger partial charge in [-0.1, -0.05) is 0 Å². The first-order chi connectivity index (χ1) is 4.22. The van der Waals surface area contributed by atoms with E-state index in [9.17, 15) is 4.79 Å². The summed E-state index contributed by atoms with van der Waals surface area (Å²) >= 11 is 1.74. The third kappa shape index (κ3) is 1.39. The molecule has 0 N–H and O–H groups in total. The molecular formula is C6H11NOS. The van der Waals surface area contributed by atoms with Crippen molar-refractivity contribution < 1.29 is 4.79 Å². The molecule has 2 nitrogen and oxygen atoms in total. The van der Waals surface area contributed by atoms with Gasteiger partial charge in [0.1, 0.15) is 0 Å². The third-order valence-electron chi connectivity index (χ3n) is 1.52. The average Bonchev–Trinajstić information content (AvgIpc) is 1.83. The van der Waals surface area contributed by atoms with Gasteiger partial charge in [-0.05, 0) is 6.92 Å². The second-order valence-corrected chi connectivity index (χ2v) is 3.72. The smallest absolute Gasteiger partial charge is 0.235 e. The lowest BCUT2D eigenvalue weighted by Crippen LogP contribution is -2.39. The lowest BCUT2D eigenvalue weighted by molar-refractivity contribution is -0.129. The molecule has 1 atom stereocenters. The van der Waals surface area contributed by atoms with Crippen LogP contribution in [-0.2, 0) is 4.79 Å². The molecule has 0 aromatic rings.